The summed E-state index contributed by atoms with van der Waals surface area (Å²) >= 11 is 0. The largest absolute Gasteiger partial charge is 0.481 e. The first-order chi connectivity index (χ1) is 9.93. The quantitative estimate of drug-likeness (QED) is 0.827. The molecule has 2 amide bonds. The molecule has 120 valence electrons. The van der Waals surface area contributed by atoms with Gasteiger partial charge in [-0.25, -0.2) is 4.79 Å². The number of carboxylic acid groups (broad SMARTS) is 1. The average molecular weight is 300 g/mol. The monoisotopic (exact) mass is 300 g/mol. The van der Waals surface area contributed by atoms with E-state index in [4.69, 9.17) is 9.47 Å². The number of rotatable bonds is 3. The lowest BCUT2D eigenvalue weighted by molar-refractivity contribution is -0.143. The number of aliphatic carboxylic acids is 1. The number of amides is 2. The maximum Gasteiger partial charge on any atom is 0.320 e. The van der Waals surface area contributed by atoms with Crippen LogP contribution >= 0.6 is 0 Å². The molecule has 1 N–H and O–H groups in total. The Bertz CT molecular complexity index is 393. The summed E-state index contributed by atoms with van der Waals surface area (Å²) in [7, 11) is 0. The van der Waals surface area contributed by atoms with Gasteiger partial charge in [0.1, 0.15) is 5.92 Å². The van der Waals surface area contributed by atoms with Gasteiger partial charge in [-0.1, -0.05) is 0 Å². The van der Waals surface area contributed by atoms with Crippen LogP contribution in [0, 0.1) is 5.92 Å². The summed E-state index contributed by atoms with van der Waals surface area (Å²) in [6.07, 6.45) is -0.0157. The smallest absolute Gasteiger partial charge is 0.320 e. The van der Waals surface area contributed by atoms with Crippen LogP contribution in [0.1, 0.15) is 20.8 Å². The van der Waals surface area contributed by atoms with Crippen molar-refractivity contribution in [2.24, 2.45) is 5.92 Å². The lowest BCUT2D eigenvalue weighted by Crippen LogP contribution is -2.56. The zero-order chi connectivity index (χ0) is 15.6. The summed E-state index contributed by atoms with van der Waals surface area (Å²) in [5, 5.41) is 9.25. The van der Waals surface area contributed by atoms with Crippen molar-refractivity contribution in [2.45, 2.75) is 39.0 Å². The molecule has 21 heavy (non-hydrogen) atoms. The van der Waals surface area contributed by atoms with Crippen LogP contribution in [0.3, 0.4) is 0 Å². The summed E-state index contributed by atoms with van der Waals surface area (Å²) < 4.78 is 10.9. The first-order valence-corrected chi connectivity index (χ1v) is 7.45. The molecule has 0 radical (unpaired) electrons. The Hall–Kier alpha value is -1.34. The van der Waals surface area contributed by atoms with Crippen molar-refractivity contribution in [3.05, 3.63) is 0 Å². The molecule has 2 saturated heterocycles. The zero-order valence-corrected chi connectivity index (χ0v) is 12.8. The zero-order valence-electron chi connectivity index (χ0n) is 12.8. The van der Waals surface area contributed by atoms with E-state index in [2.05, 4.69) is 0 Å². The summed E-state index contributed by atoms with van der Waals surface area (Å²) in [6.45, 7) is 7.72. The van der Waals surface area contributed by atoms with E-state index in [9.17, 15) is 14.7 Å². The molecule has 0 saturated carbocycles. The van der Waals surface area contributed by atoms with Crippen molar-refractivity contribution < 1.29 is 24.2 Å². The topological polar surface area (TPSA) is 79.3 Å². The third-order valence-electron chi connectivity index (χ3n) is 4.04. The van der Waals surface area contributed by atoms with Crippen molar-refractivity contribution in [3.63, 3.8) is 0 Å². The van der Waals surface area contributed by atoms with Crippen LogP contribution in [0.5, 0.6) is 0 Å². The lowest BCUT2D eigenvalue weighted by atomic mass is 10.0. The maximum atomic E-state index is 12.7. The third kappa shape index (κ3) is 3.47. The van der Waals surface area contributed by atoms with Gasteiger partial charge >= 0.3 is 12.0 Å². The lowest BCUT2D eigenvalue weighted by Gasteiger charge is -2.40. The maximum absolute atomic E-state index is 12.7. The minimum atomic E-state index is -0.910. The molecule has 0 aliphatic carbocycles. The number of urea groups is 1. The second kappa shape index (κ2) is 6.62. The molecule has 0 aromatic rings. The van der Waals surface area contributed by atoms with Gasteiger partial charge in [0, 0.05) is 19.6 Å². The van der Waals surface area contributed by atoms with Gasteiger partial charge in [-0.2, -0.15) is 0 Å². The number of nitrogens with zero attached hydrogens (tertiary/aromatic N) is 2. The Morgan fingerprint density at radius 3 is 2.38 bits per heavy atom. The number of hydrogen-bond donors (Lipinski definition) is 1. The molecule has 0 aromatic carbocycles. The molecule has 7 heteroatoms. The number of carboxylic acids is 1. The normalized spacial score (nSPS) is 33.0. The number of morpholine rings is 1. The van der Waals surface area contributed by atoms with E-state index >= 15 is 0 Å². The van der Waals surface area contributed by atoms with Crippen molar-refractivity contribution in [1.82, 2.24) is 9.80 Å². The van der Waals surface area contributed by atoms with Crippen molar-refractivity contribution in [3.8, 4) is 0 Å². The Morgan fingerprint density at radius 1 is 1.24 bits per heavy atom. The SMILES string of the molecule is CCN(C(=O)N1C[C@@H](C)O[C@@H](C)C1)C1COCC1C(=O)O. The highest BCUT2D eigenvalue weighted by Gasteiger charge is 2.41. The van der Waals surface area contributed by atoms with Crippen LogP contribution in [0.2, 0.25) is 0 Å². The minimum Gasteiger partial charge on any atom is -0.481 e. The standard InChI is InChI=1S/C14H24N2O5/c1-4-16(12-8-20-7-11(12)13(17)18)14(19)15-5-9(2)21-10(3)6-15/h9-12H,4-8H2,1-3H3,(H,17,18)/t9-,10+,11?,12?. The van der Waals surface area contributed by atoms with Gasteiger partial charge in [-0.3, -0.25) is 4.79 Å². The Labute approximate surface area is 124 Å². The first-order valence-electron chi connectivity index (χ1n) is 7.45. The second-order valence-electron chi connectivity index (χ2n) is 5.78. The van der Waals surface area contributed by atoms with Gasteiger partial charge in [0.05, 0.1) is 31.5 Å². The fourth-order valence-corrected chi connectivity index (χ4v) is 3.11. The minimum absolute atomic E-state index is 0.00787. The second-order valence-corrected chi connectivity index (χ2v) is 5.78. The number of carbonyl (C=O) groups is 2. The molecule has 2 fully saturated rings. The molecule has 2 unspecified atom stereocenters. The van der Waals surface area contributed by atoms with Gasteiger partial charge in [-0.15, -0.1) is 0 Å². The van der Waals surface area contributed by atoms with E-state index < -0.39 is 17.9 Å². The fraction of sp³-hybridized carbons (Fsp3) is 0.857. The number of likely N-dealkylation sites (N-methyl/N-ethyl adjacent to an activating group) is 1. The van der Waals surface area contributed by atoms with Crippen LogP contribution < -0.4 is 0 Å². The van der Waals surface area contributed by atoms with E-state index in [0.717, 1.165) is 0 Å². The molecule has 7 nitrogen and oxygen atoms in total. The van der Waals surface area contributed by atoms with Gasteiger partial charge in [0.25, 0.3) is 0 Å². The molecular formula is C14H24N2O5. The van der Waals surface area contributed by atoms with Crippen molar-refractivity contribution in [1.29, 1.82) is 0 Å². The highest BCUT2D eigenvalue weighted by Crippen LogP contribution is 2.22. The summed E-state index contributed by atoms with van der Waals surface area (Å²) in [4.78, 5) is 27.4. The Balaban J connectivity index is 2.09. The fourth-order valence-electron chi connectivity index (χ4n) is 3.11. The molecule has 0 spiro atoms. The van der Waals surface area contributed by atoms with Gasteiger partial charge < -0.3 is 24.4 Å². The molecule has 2 aliphatic rings. The van der Waals surface area contributed by atoms with Crippen LogP contribution in [0.4, 0.5) is 4.79 Å². The summed E-state index contributed by atoms with van der Waals surface area (Å²) in [5.41, 5.74) is 0. The third-order valence-corrected chi connectivity index (χ3v) is 4.04. The van der Waals surface area contributed by atoms with E-state index in [1.165, 1.54) is 0 Å². The van der Waals surface area contributed by atoms with E-state index in [1.807, 2.05) is 20.8 Å². The Kier molecular flexibility index (Phi) is 5.05. The van der Waals surface area contributed by atoms with Crippen LogP contribution in [-0.4, -0.2) is 78.0 Å². The number of hydrogen-bond acceptors (Lipinski definition) is 4. The summed E-state index contributed by atoms with van der Waals surface area (Å²) in [6, 6.07) is -0.519. The van der Waals surface area contributed by atoms with Gasteiger partial charge in [0.15, 0.2) is 0 Å². The molecule has 2 rings (SSSR count). The highest BCUT2D eigenvalue weighted by molar-refractivity contribution is 5.77. The summed E-state index contributed by atoms with van der Waals surface area (Å²) in [5.74, 6) is -1.56. The predicted molar refractivity (Wildman–Crippen MR) is 75.1 cm³/mol. The molecule has 2 aliphatic heterocycles. The van der Waals surface area contributed by atoms with Crippen molar-refractivity contribution >= 4 is 12.0 Å². The van der Waals surface area contributed by atoms with E-state index in [1.54, 1.807) is 9.80 Å². The molecule has 2 heterocycles. The van der Waals surface area contributed by atoms with E-state index in [-0.39, 0.29) is 31.5 Å². The average Bonchev–Trinajstić information content (AvgIpc) is 2.87. The molecule has 0 aromatic heterocycles. The molecular weight excluding hydrogens is 276 g/mol. The predicted octanol–water partition coefficient (Wildman–Crippen LogP) is 0.637. The molecule has 4 atom stereocenters. The van der Waals surface area contributed by atoms with Crippen LogP contribution in [0.15, 0.2) is 0 Å². The first kappa shape index (κ1) is 16.0. The van der Waals surface area contributed by atoms with Crippen LogP contribution in [0.25, 0.3) is 0 Å². The number of carbonyl (C=O) groups excluding carboxylic acids is 1. The molecule has 0 bridgehead atoms. The van der Waals surface area contributed by atoms with Crippen molar-refractivity contribution in [2.75, 3.05) is 32.8 Å². The number of ether oxygens (including phenoxy) is 2. The van der Waals surface area contributed by atoms with Crippen LogP contribution in [-0.2, 0) is 14.3 Å². The van der Waals surface area contributed by atoms with Gasteiger partial charge in [0.2, 0.25) is 0 Å². The highest BCUT2D eigenvalue weighted by atomic mass is 16.5. The van der Waals surface area contributed by atoms with Gasteiger partial charge in [-0.05, 0) is 20.8 Å². The van der Waals surface area contributed by atoms with E-state index in [0.29, 0.717) is 19.6 Å². The Morgan fingerprint density at radius 2 is 1.86 bits per heavy atom.